The van der Waals surface area contributed by atoms with Crippen molar-refractivity contribution in [2.24, 2.45) is 4.99 Å². The first-order valence-corrected chi connectivity index (χ1v) is 9.37. The van der Waals surface area contributed by atoms with Crippen LogP contribution < -0.4 is 0 Å². The highest BCUT2D eigenvalue weighted by molar-refractivity contribution is 8.15. The summed E-state index contributed by atoms with van der Waals surface area (Å²) >= 11 is 3.39. The number of thiazole rings is 1. The van der Waals surface area contributed by atoms with Gasteiger partial charge >= 0.3 is 0 Å². The van der Waals surface area contributed by atoms with Crippen LogP contribution in [-0.4, -0.2) is 26.8 Å². The molecule has 0 bridgehead atoms. The van der Waals surface area contributed by atoms with E-state index in [0.29, 0.717) is 12.4 Å². The number of aromatic nitrogens is 2. The van der Waals surface area contributed by atoms with Gasteiger partial charge in [0.15, 0.2) is 0 Å². The number of ether oxygens (including phenoxy) is 1. The Hall–Kier alpha value is -2.18. The van der Waals surface area contributed by atoms with Crippen molar-refractivity contribution in [1.29, 1.82) is 0 Å². The Morgan fingerprint density at radius 3 is 3.00 bits per heavy atom. The van der Waals surface area contributed by atoms with Gasteiger partial charge in [0, 0.05) is 23.7 Å². The molecule has 1 aromatic carbocycles. The fraction of sp³-hybridized carbons (Fsp3) is 0.167. The fourth-order valence-electron chi connectivity index (χ4n) is 2.38. The summed E-state index contributed by atoms with van der Waals surface area (Å²) in [6, 6.07) is 12.0. The molecule has 120 valence electrons. The van der Waals surface area contributed by atoms with Crippen LogP contribution in [0.4, 0.5) is 0 Å². The number of fused-ring (bicyclic) bond motifs is 1. The molecule has 1 aliphatic heterocycles. The molecule has 0 N–H and O–H groups in total. The number of para-hydroxylation sites is 1. The van der Waals surface area contributed by atoms with Crippen LogP contribution in [0.5, 0.6) is 0 Å². The van der Waals surface area contributed by atoms with Crippen molar-refractivity contribution in [3.8, 4) is 0 Å². The molecule has 1 aliphatic rings. The van der Waals surface area contributed by atoms with Crippen LogP contribution in [0.25, 0.3) is 10.2 Å². The molecule has 0 aliphatic carbocycles. The standard InChI is InChI=1S/C18H15N3OS2/c1-12(22-10-13-5-4-8-19-9-13)15-11-23-17(21-15)18-20-14-6-2-3-7-16(14)24-18/h2-9,15H,1,10-11H2/t15-/m1/s1. The highest BCUT2D eigenvalue weighted by Crippen LogP contribution is 2.31. The number of pyridine rings is 1. The molecule has 0 unspecified atom stereocenters. The number of rotatable bonds is 5. The number of benzene rings is 1. The van der Waals surface area contributed by atoms with Crippen molar-refractivity contribution in [3.63, 3.8) is 0 Å². The van der Waals surface area contributed by atoms with Crippen LogP contribution in [0.1, 0.15) is 10.6 Å². The minimum Gasteiger partial charge on any atom is -0.492 e. The van der Waals surface area contributed by atoms with Gasteiger partial charge in [-0.3, -0.25) is 9.98 Å². The van der Waals surface area contributed by atoms with Gasteiger partial charge in [0.05, 0.1) is 10.2 Å². The van der Waals surface area contributed by atoms with Crippen molar-refractivity contribution >= 4 is 38.4 Å². The Morgan fingerprint density at radius 2 is 2.17 bits per heavy atom. The quantitative estimate of drug-likeness (QED) is 0.642. The highest BCUT2D eigenvalue weighted by atomic mass is 32.2. The molecule has 24 heavy (non-hydrogen) atoms. The average Bonchev–Trinajstić information content (AvgIpc) is 3.27. The predicted octanol–water partition coefficient (Wildman–Crippen LogP) is 4.28. The van der Waals surface area contributed by atoms with E-state index in [1.54, 1.807) is 35.5 Å². The van der Waals surface area contributed by atoms with E-state index in [0.717, 1.165) is 26.9 Å². The molecule has 4 rings (SSSR count). The van der Waals surface area contributed by atoms with Gasteiger partial charge in [0.2, 0.25) is 0 Å². The summed E-state index contributed by atoms with van der Waals surface area (Å²) < 4.78 is 6.97. The maximum atomic E-state index is 5.78. The van der Waals surface area contributed by atoms with E-state index in [-0.39, 0.29) is 6.04 Å². The third-order valence-corrected chi connectivity index (χ3v) is 5.87. The molecule has 0 amide bonds. The van der Waals surface area contributed by atoms with E-state index < -0.39 is 0 Å². The van der Waals surface area contributed by atoms with E-state index in [9.17, 15) is 0 Å². The van der Waals surface area contributed by atoms with Crippen molar-refractivity contribution in [3.05, 3.63) is 71.7 Å². The zero-order chi connectivity index (χ0) is 16.4. The molecule has 4 nitrogen and oxygen atoms in total. The van der Waals surface area contributed by atoms with E-state index in [1.807, 2.05) is 30.3 Å². The molecule has 6 heteroatoms. The van der Waals surface area contributed by atoms with Crippen molar-refractivity contribution < 1.29 is 4.74 Å². The van der Waals surface area contributed by atoms with Crippen molar-refractivity contribution in [2.75, 3.05) is 5.75 Å². The molecule has 3 heterocycles. The number of hydrogen-bond donors (Lipinski definition) is 0. The number of hydrogen-bond acceptors (Lipinski definition) is 6. The second kappa shape index (κ2) is 6.75. The molecule has 2 aromatic heterocycles. The normalized spacial score (nSPS) is 17.0. The van der Waals surface area contributed by atoms with Gasteiger partial charge in [0.1, 0.15) is 28.5 Å². The van der Waals surface area contributed by atoms with Crippen molar-refractivity contribution in [1.82, 2.24) is 9.97 Å². The smallest absolute Gasteiger partial charge is 0.149 e. The molecular formula is C18H15N3OS2. The van der Waals surface area contributed by atoms with Crippen LogP contribution in [0.2, 0.25) is 0 Å². The molecule has 3 aromatic rings. The minimum absolute atomic E-state index is 0.0197. The summed E-state index contributed by atoms with van der Waals surface area (Å²) in [6.45, 7) is 4.51. The maximum absolute atomic E-state index is 5.78. The summed E-state index contributed by atoms with van der Waals surface area (Å²) in [7, 11) is 0. The van der Waals surface area contributed by atoms with Gasteiger partial charge in [-0.2, -0.15) is 0 Å². The van der Waals surface area contributed by atoms with Gasteiger partial charge in [-0.05, 0) is 18.2 Å². The lowest BCUT2D eigenvalue weighted by atomic mass is 10.3. The zero-order valence-corrected chi connectivity index (χ0v) is 14.5. The SMILES string of the molecule is C=C(OCc1cccnc1)[C@H]1CSC(c2nc3ccccc3s2)=N1. The molecule has 0 saturated carbocycles. The first-order chi connectivity index (χ1) is 11.8. The summed E-state index contributed by atoms with van der Waals surface area (Å²) in [5.74, 6) is 1.54. The first kappa shape index (κ1) is 15.4. The molecule has 0 fully saturated rings. The minimum atomic E-state index is -0.0197. The van der Waals surface area contributed by atoms with Crippen LogP contribution in [0, 0.1) is 0 Å². The number of thioether (sulfide) groups is 1. The van der Waals surface area contributed by atoms with E-state index in [4.69, 9.17) is 9.73 Å². The summed E-state index contributed by atoms with van der Waals surface area (Å²) in [6.07, 6.45) is 3.55. The second-order valence-corrected chi connectivity index (χ2v) is 7.40. The molecule has 0 spiro atoms. The number of aliphatic imine (C=N–C) groups is 1. The topological polar surface area (TPSA) is 47.4 Å². The first-order valence-electron chi connectivity index (χ1n) is 7.56. The Labute approximate surface area is 148 Å². The van der Waals surface area contributed by atoms with Crippen LogP contribution >= 0.6 is 23.1 Å². The average molecular weight is 353 g/mol. The van der Waals surface area contributed by atoms with E-state index in [1.165, 1.54) is 4.70 Å². The van der Waals surface area contributed by atoms with Gasteiger partial charge in [-0.25, -0.2) is 4.98 Å². The largest absolute Gasteiger partial charge is 0.492 e. The molecule has 0 saturated heterocycles. The third kappa shape index (κ3) is 3.20. The van der Waals surface area contributed by atoms with E-state index in [2.05, 4.69) is 22.6 Å². The molecule has 1 atom stereocenters. The number of nitrogens with zero attached hydrogens (tertiary/aromatic N) is 3. The van der Waals surface area contributed by atoms with Crippen molar-refractivity contribution in [2.45, 2.75) is 12.6 Å². The Morgan fingerprint density at radius 1 is 1.25 bits per heavy atom. The fourth-order valence-corrected chi connectivity index (χ4v) is 4.48. The zero-order valence-electron chi connectivity index (χ0n) is 12.9. The molecular weight excluding hydrogens is 338 g/mol. The van der Waals surface area contributed by atoms with Gasteiger partial charge < -0.3 is 4.74 Å². The Bertz CT molecular complexity index is 872. The summed E-state index contributed by atoms with van der Waals surface area (Å²) in [5, 5.41) is 1.95. The van der Waals surface area contributed by atoms with Crippen LogP contribution in [0.15, 0.2) is 66.1 Å². The van der Waals surface area contributed by atoms with Crippen LogP contribution in [0.3, 0.4) is 0 Å². The lowest BCUT2D eigenvalue weighted by Gasteiger charge is -2.12. The highest BCUT2D eigenvalue weighted by Gasteiger charge is 2.25. The summed E-state index contributed by atoms with van der Waals surface area (Å²) in [4.78, 5) is 13.5. The Kier molecular flexibility index (Phi) is 4.32. The summed E-state index contributed by atoms with van der Waals surface area (Å²) in [5.41, 5.74) is 2.05. The lowest BCUT2D eigenvalue weighted by Crippen LogP contribution is -2.10. The van der Waals surface area contributed by atoms with E-state index >= 15 is 0 Å². The van der Waals surface area contributed by atoms with Crippen LogP contribution in [-0.2, 0) is 11.3 Å². The van der Waals surface area contributed by atoms with Gasteiger partial charge in [-0.15, -0.1) is 23.1 Å². The van der Waals surface area contributed by atoms with Gasteiger partial charge in [0.25, 0.3) is 0 Å². The predicted molar refractivity (Wildman–Crippen MR) is 101 cm³/mol. The van der Waals surface area contributed by atoms with Gasteiger partial charge in [-0.1, -0.05) is 24.8 Å². The maximum Gasteiger partial charge on any atom is 0.149 e. The molecule has 0 radical (unpaired) electrons. The third-order valence-electron chi connectivity index (χ3n) is 3.65. The second-order valence-electron chi connectivity index (χ2n) is 5.36. The lowest BCUT2D eigenvalue weighted by molar-refractivity contribution is 0.186. The Balaban J connectivity index is 1.45. The monoisotopic (exact) mass is 353 g/mol.